The van der Waals surface area contributed by atoms with E-state index in [0.717, 1.165) is 22.7 Å². The van der Waals surface area contributed by atoms with Crippen molar-refractivity contribution in [3.63, 3.8) is 0 Å². The van der Waals surface area contributed by atoms with E-state index in [0.29, 0.717) is 15.8 Å². The highest BCUT2D eigenvalue weighted by molar-refractivity contribution is 7.15. The Morgan fingerprint density at radius 1 is 1.10 bits per heavy atom. The molecule has 1 N–H and O–H groups in total. The third-order valence-electron chi connectivity index (χ3n) is 4.50. The second-order valence-electron chi connectivity index (χ2n) is 6.56. The molecule has 1 amide bonds. The first kappa shape index (κ1) is 19.3. The molecule has 8 heteroatoms. The van der Waals surface area contributed by atoms with Gasteiger partial charge >= 0.3 is 0 Å². The summed E-state index contributed by atoms with van der Waals surface area (Å²) in [5.74, 6) is -0.331. The predicted molar refractivity (Wildman–Crippen MR) is 115 cm³/mol. The molecule has 29 heavy (non-hydrogen) atoms. The zero-order chi connectivity index (χ0) is 20.4. The average Bonchev–Trinajstić information content (AvgIpc) is 3.25. The number of halogens is 1. The fourth-order valence-electron chi connectivity index (χ4n) is 2.95. The van der Waals surface area contributed by atoms with Crippen LogP contribution in [0.2, 0.25) is 5.02 Å². The Labute approximate surface area is 177 Å². The van der Waals surface area contributed by atoms with Crippen LogP contribution in [0, 0.1) is 13.8 Å². The van der Waals surface area contributed by atoms with Crippen molar-refractivity contribution in [2.45, 2.75) is 20.3 Å². The Kier molecular flexibility index (Phi) is 5.42. The molecule has 0 atom stereocenters. The highest BCUT2D eigenvalue weighted by Gasteiger charge is 2.19. The molecule has 0 aliphatic carbocycles. The summed E-state index contributed by atoms with van der Waals surface area (Å²) in [7, 11) is 0. The van der Waals surface area contributed by atoms with E-state index in [1.54, 1.807) is 23.7 Å². The average molecular weight is 424 g/mol. The van der Waals surface area contributed by atoms with Crippen LogP contribution in [0.1, 0.15) is 32.3 Å². The maximum Gasteiger partial charge on any atom is 0.279 e. The van der Waals surface area contributed by atoms with E-state index in [1.165, 1.54) is 16.9 Å². The van der Waals surface area contributed by atoms with Crippen molar-refractivity contribution in [1.29, 1.82) is 0 Å². The van der Waals surface area contributed by atoms with Gasteiger partial charge in [-0.25, -0.2) is 9.67 Å². The number of aryl methyl sites for hydroxylation is 1. The number of rotatable bonds is 5. The lowest BCUT2D eigenvalue weighted by Gasteiger charge is -2.03. The summed E-state index contributed by atoms with van der Waals surface area (Å²) >= 11 is 7.41. The number of hydrogen-bond acceptors (Lipinski definition) is 5. The lowest BCUT2D eigenvalue weighted by atomic mass is 10.1. The number of amides is 1. The SMILES string of the molecule is Cc1nc(NC(=O)c2nnn(-c3ccc(Cl)cc3)c2C)sc1Cc1ccccc1. The third-order valence-corrected chi connectivity index (χ3v) is 5.83. The molecular weight excluding hydrogens is 406 g/mol. The Morgan fingerprint density at radius 2 is 1.83 bits per heavy atom. The van der Waals surface area contributed by atoms with Crippen LogP contribution in [0.4, 0.5) is 5.13 Å². The molecule has 0 fully saturated rings. The molecule has 0 radical (unpaired) electrons. The lowest BCUT2D eigenvalue weighted by molar-refractivity contribution is 0.102. The van der Waals surface area contributed by atoms with Gasteiger partial charge in [-0.3, -0.25) is 10.1 Å². The van der Waals surface area contributed by atoms with Crippen LogP contribution in [0.3, 0.4) is 0 Å². The van der Waals surface area contributed by atoms with Gasteiger partial charge in [-0.05, 0) is 43.7 Å². The summed E-state index contributed by atoms with van der Waals surface area (Å²) in [6.07, 6.45) is 0.784. The molecule has 2 heterocycles. The van der Waals surface area contributed by atoms with E-state index in [1.807, 2.05) is 37.3 Å². The summed E-state index contributed by atoms with van der Waals surface area (Å²) in [6, 6.07) is 17.4. The molecule has 0 unspecified atom stereocenters. The summed E-state index contributed by atoms with van der Waals surface area (Å²) in [4.78, 5) is 18.3. The largest absolute Gasteiger partial charge is 0.296 e. The maximum absolute atomic E-state index is 12.7. The first-order valence-corrected chi connectivity index (χ1v) is 10.2. The van der Waals surface area contributed by atoms with Gasteiger partial charge in [0.1, 0.15) is 0 Å². The first-order chi connectivity index (χ1) is 14.0. The molecule has 4 aromatic rings. The molecule has 6 nitrogen and oxygen atoms in total. The second-order valence-corrected chi connectivity index (χ2v) is 8.08. The number of benzene rings is 2. The van der Waals surface area contributed by atoms with E-state index in [9.17, 15) is 4.79 Å². The Morgan fingerprint density at radius 3 is 2.55 bits per heavy atom. The lowest BCUT2D eigenvalue weighted by Crippen LogP contribution is -2.14. The molecule has 2 aromatic heterocycles. The number of carbonyl (C=O) groups is 1. The molecule has 4 rings (SSSR count). The molecular formula is C21H18ClN5OS. The van der Waals surface area contributed by atoms with E-state index in [-0.39, 0.29) is 11.6 Å². The number of aromatic nitrogens is 4. The van der Waals surface area contributed by atoms with Crippen LogP contribution in [0.15, 0.2) is 54.6 Å². The highest BCUT2D eigenvalue weighted by Crippen LogP contribution is 2.26. The van der Waals surface area contributed by atoms with Crippen molar-refractivity contribution in [3.05, 3.63) is 87.1 Å². The van der Waals surface area contributed by atoms with Crippen molar-refractivity contribution in [1.82, 2.24) is 20.0 Å². The number of thiazole rings is 1. The van der Waals surface area contributed by atoms with Crippen molar-refractivity contribution in [2.24, 2.45) is 0 Å². The van der Waals surface area contributed by atoms with Crippen LogP contribution in [0.25, 0.3) is 5.69 Å². The maximum atomic E-state index is 12.7. The van der Waals surface area contributed by atoms with Gasteiger partial charge in [-0.15, -0.1) is 16.4 Å². The molecule has 0 aliphatic rings. The molecule has 2 aromatic carbocycles. The zero-order valence-electron chi connectivity index (χ0n) is 15.9. The third kappa shape index (κ3) is 4.21. The van der Waals surface area contributed by atoms with Crippen LogP contribution in [0.5, 0.6) is 0 Å². The molecule has 0 saturated heterocycles. The molecule has 146 valence electrons. The number of hydrogen-bond donors (Lipinski definition) is 1. The van der Waals surface area contributed by atoms with Crippen molar-refractivity contribution >= 4 is 34.0 Å². The molecule has 0 saturated carbocycles. The van der Waals surface area contributed by atoms with Gasteiger partial charge in [0.25, 0.3) is 5.91 Å². The summed E-state index contributed by atoms with van der Waals surface area (Å²) in [6.45, 7) is 3.75. The van der Waals surface area contributed by atoms with Crippen LogP contribution >= 0.6 is 22.9 Å². The van der Waals surface area contributed by atoms with Gasteiger partial charge < -0.3 is 0 Å². The van der Waals surface area contributed by atoms with Crippen LogP contribution in [-0.4, -0.2) is 25.9 Å². The minimum atomic E-state index is -0.331. The molecule has 0 aliphatic heterocycles. The number of carbonyl (C=O) groups excluding carboxylic acids is 1. The van der Waals surface area contributed by atoms with Gasteiger partial charge in [-0.2, -0.15) is 0 Å². The smallest absolute Gasteiger partial charge is 0.279 e. The number of nitrogens with one attached hydrogen (secondary N) is 1. The van der Waals surface area contributed by atoms with Gasteiger partial charge in [0.15, 0.2) is 10.8 Å². The topological polar surface area (TPSA) is 72.7 Å². The number of nitrogens with zero attached hydrogens (tertiary/aromatic N) is 4. The summed E-state index contributed by atoms with van der Waals surface area (Å²) in [5, 5.41) is 12.2. The van der Waals surface area contributed by atoms with Gasteiger partial charge in [-0.1, -0.05) is 47.1 Å². The Bertz CT molecular complexity index is 1150. The minimum absolute atomic E-state index is 0.261. The predicted octanol–water partition coefficient (Wildman–Crippen LogP) is 4.84. The van der Waals surface area contributed by atoms with Crippen LogP contribution in [-0.2, 0) is 6.42 Å². The normalized spacial score (nSPS) is 10.9. The fourth-order valence-corrected chi connectivity index (χ4v) is 4.07. The van der Waals surface area contributed by atoms with Gasteiger partial charge in [0.05, 0.1) is 17.1 Å². The molecule has 0 spiro atoms. The van der Waals surface area contributed by atoms with Gasteiger partial charge in [0.2, 0.25) is 0 Å². The quantitative estimate of drug-likeness (QED) is 0.498. The molecule has 0 bridgehead atoms. The summed E-state index contributed by atoms with van der Waals surface area (Å²) < 4.78 is 1.61. The highest BCUT2D eigenvalue weighted by atomic mass is 35.5. The standard InChI is InChI=1S/C21H18ClN5OS/c1-13-18(12-15-6-4-3-5-7-15)29-21(23-13)24-20(28)19-14(2)27(26-25-19)17-10-8-16(22)9-11-17/h3-11H,12H2,1-2H3,(H,23,24,28). The monoisotopic (exact) mass is 423 g/mol. The van der Waals surface area contributed by atoms with Crippen molar-refractivity contribution < 1.29 is 4.79 Å². The first-order valence-electron chi connectivity index (χ1n) is 9.01. The van der Waals surface area contributed by atoms with Crippen LogP contribution < -0.4 is 5.32 Å². The van der Waals surface area contributed by atoms with Crippen molar-refractivity contribution in [2.75, 3.05) is 5.32 Å². The fraction of sp³-hybridized carbons (Fsp3) is 0.143. The second kappa shape index (κ2) is 8.14. The van der Waals surface area contributed by atoms with Crippen molar-refractivity contribution in [3.8, 4) is 5.69 Å². The van der Waals surface area contributed by atoms with E-state index < -0.39 is 0 Å². The van der Waals surface area contributed by atoms with E-state index >= 15 is 0 Å². The van der Waals surface area contributed by atoms with E-state index in [2.05, 4.69) is 32.7 Å². The number of anilines is 1. The minimum Gasteiger partial charge on any atom is -0.296 e. The summed E-state index contributed by atoms with van der Waals surface area (Å²) in [5.41, 5.74) is 3.81. The van der Waals surface area contributed by atoms with E-state index in [4.69, 9.17) is 11.6 Å². The Hall–Kier alpha value is -3.03. The zero-order valence-corrected chi connectivity index (χ0v) is 17.5. The Balaban J connectivity index is 1.51. The van der Waals surface area contributed by atoms with Gasteiger partial charge in [0, 0.05) is 16.3 Å².